The molecule has 0 spiro atoms. The zero-order valence-corrected chi connectivity index (χ0v) is 14.8. The van der Waals surface area contributed by atoms with E-state index >= 15 is 0 Å². The van der Waals surface area contributed by atoms with E-state index in [9.17, 15) is 4.79 Å². The molecule has 1 aliphatic carbocycles. The fourth-order valence-corrected chi connectivity index (χ4v) is 2.62. The Morgan fingerprint density at radius 3 is 2.62 bits per heavy atom. The fourth-order valence-electron chi connectivity index (χ4n) is 2.62. The highest BCUT2D eigenvalue weighted by atomic mass is 16.1. The Labute approximate surface area is 145 Å². The number of nitrogens with zero attached hydrogens (tertiary/aromatic N) is 1. The molecule has 5 nitrogen and oxygen atoms in total. The van der Waals surface area contributed by atoms with Crippen molar-refractivity contribution in [3.05, 3.63) is 29.8 Å². The van der Waals surface area contributed by atoms with Gasteiger partial charge in [0.2, 0.25) is 5.91 Å². The number of nitrogens with one attached hydrogen (secondary N) is 2. The molecule has 0 aromatic heterocycles. The van der Waals surface area contributed by atoms with Crippen molar-refractivity contribution in [2.75, 3.05) is 18.4 Å². The first-order valence-corrected chi connectivity index (χ1v) is 9.04. The normalized spacial score (nSPS) is 16.3. The van der Waals surface area contributed by atoms with Crippen LogP contribution in [0.25, 0.3) is 0 Å². The summed E-state index contributed by atoms with van der Waals surface area (Å²) < 4.78 is 0. The van der Waals surface area contributed by atoms with Crippen LogP contribution in [0.1, 0.15) is 57.4 Å². The maximum atomic E-state index is 11.7. The van der Waals surface area contributed by atoms with Crippen LogP contribution in [-0.2, 0) is 4.79 Å². The quantitative estimate of drug-likeness (QED) is 0.389. The third kappa shape index (κ3) is 5.55. The van der Waals surface area contributed by atoms with E-state index in [2.05, 4.69) is 41.6 Å². The van der Waals surface area contributed by atoms with Gasteiger partial charge in [0.1, 0.15) is 0 Å². The minimum Gasteiger partial charge on any atom is -0.370 e. The summed E-state index contributed by atoms with van der Waals surface area (Å²) in [6.07, 6.45) is 5.19. The minimum absolute atomic E-state index is 0.192. The highest BCUT2D eigenvalue weighted by molar-refractivity contribution is 5.92. The summed E-state index contributed by atoms with van der Waals surface area (Å²) in [6.45, 7) is 5.68. The largest absolute Gasteiger partial charge is 0.370 e. The molecule has 1 aromatic carbocycles. The summed E-state index contributed by atoms with van der Waals surface area (Å²) in [5, 5.41) is 6.06. The second-order valence-corrected chi connectivity index (χ2v) is 6.60. The van der Waals surface area contributed by atoms with Gasteiger partial charge in [0.15, 0.2) is 5.96 Å². The van der Waals surface area contributed by atoms with Crippen molar-refractivity contribution in [2.45, 2.75) is 51.9 Å². The zero-order valence-electron chi connectivity index (χ0n) is 14.8. The van der Waals surface area contributed by atoms with Gasteiger partial charge in [-0.15, -0.1) is 0 Å². The smallest absolute Gasteiger partial charge is 0.223 e. The molecule has 1 unspecified atom stereocenters. The topological polar surface area (TPSA) is 79.5 Å². The first-order valence-electron chi connectivity index (χ1n) is 9.04. The van der Waals surface area contributed by atoms with Crippen LogP contribution in [0.4, 0.5) is 5.69 Å². The Hall–Kier alpha value is -2.04. The lowest BCUT2D eigenvalue weighted by Crippen LogP contribution is -2.35. The summed E-state index contributed by atoms with van der Waals surface area (Å²) in [5.41, 5.74) is 8.18. The van der Waals surface area contributed by atoms with E-state index in [0.29, 0.717) is 25.0 Å². The standard InChI is InChI=1S/C19H30N4O/c1-3-14(2)15-8-10-17(11-9-15)23-19(20)22-13-5-12-21-18(24)16-6-4-7-16/h8-11,14,16H,3-7,12-13H2,1-2H3,(H,21,24)(H3,20,22,23). The number of amides is 1. The van der Waals surface area contributed by atoms with E-state index in [1.54, 1.807) is 0 Å². The molecule has 1 fully saturated rings. The number of guanidine groups is 1. The van der Waals surface area contributed by atoms with Gasteiger partial charge in [0, 0.05) is 24.7 Å². The Balaban J connectivity index is 1.66. The Morgan fingerprint density at radius 1 is 1.33 bits per heavy atom. The lowest BCUT2D eigenvalue weighted by Gasteiger charge is -2.23. The van der Waals surface area contributed by atoms with Crippen LogP contribution in [0.15, 0.2) is 29.3 Å². The van der Waals surface area contributed by atoms with E-state index in [1.165, 1.54) is 12.0 Å². The summed E-state index contributed by atoms with van der Waals surface area (Å²) in [6, 6.07) is 8.31. The molecule has 24 heavy (non-hydrogen) atoms. The molecular formula is C19H30N4O. The third-order valence-corrected chi connectivity index (χ3v) is 4.76. The van der Waals surface area contributed by atoms with Gasteiger partial charge in [0.05, 0.1) is 0 Å². The van der Waals surface area contributed by atoms with Gasteiger partial charge < -0.3 is 16.4 Å². The van der Waals surface area contributed by atoms with Crippen LogP contribution in [0, 0.1) is 5.92 Å². The predicted octanol–water partition coefficient (Wildman–Crippen LogP) is 3.23. The summed E-state index contributed by atoms with van der Waals surface area (Å²) in [5.74, 6) is 1.42. The number of anilines is 1. The molecule has 0 aliphatic heterocycles. The molecule has 0 heterocycles. The lowest BCUT2D eigenvalue weighted by molar-refractivity contribution is -0.127. The highest BCUT2D eigenvalue weighted by Gasteiger charge is 2.24. The number of carbonyl (C=O) groups excluding carboxylic acids is 1. The number of hydrogen-bond acceptors (Lipinski definition) is 2. The number of rotatable bonds is 8. The number of aliphatic imine (C=N–C) groups is 1. The second kappa shape index (κ2) is 9.30. The first kappa shape index (κ1) is 18.3. The van der Waals surface area contributed by atoms with E-state index < -0.39 is 0 Å². The average molecular weight is 330 g/mol. The molecule has 1 aromatic rings. The molecule has 0 radical (unpaired) electrons. The van der Waals surface area contributed by atoms with Crippen LogP contribution in [0.5, 0.6) is 0 Å². The van der Waals surface area contributed by atoms with Gasteiger partial charge >= 0.3 is 0 Å². The molecule has 1 saturated carbocycles. The predicted molar refractivity (Wildman–Crippen MR) is 100 cm³/mol. The lowest BCUT2D eigenvalue weighted by atomic mass is 9.85. The molecule has 1 atom stereocenters. The van der Waals surface area contributed by atoms with Gasteiger partial charge in [-0.1, -0.05) is 32.4 Å². The van der Waals surface area contributed by atoms with Gasteiger partial charge in [-0.25, -0.2) is 0 Å². The number of carbonyl (C=O) groups is 1. The van der Waals surface area contributed by atoms with E-state index in [4.69, 9.17) is 5.73 Å². The van der Waals surface area contributed by atoms with Crippen molar-refractivity contribution < 1.29 is 4.79 Å². The molecule has 0 saturated heterocycles. The third-order valence-electron chi connectivity index (χ3n) is 4.76. The van der Waals surface area contributed by atoms with Crippen molar-refractivity contribution in [1.29, 1.82) is 0 Å². The zero-order chi connectivity index (χ0) is 17.4. The van der Waals surface area contributed by atoms with E-state index in [1.807, 2.05) is 12.1 Å². The van der Waals surface area contributed by atoms with Crippen molar-refractivity contribution in [3.63, 3.8) is 0 Å². The fraction of sp³-hybridized carbons (Fsp3) is 0.579. The minimum atomic E-state index is 0.192. The van der Waals surface area contributed by atoms with Gasteiger partial charge in [-0.05, 0) is 49.3 Å². The summed E-state index contributed by atoms with van der Waals surface area (Å²) in [7, 11) is 0. The van der Waals surface area contributed by atoms with Crippen molar-refractivity contribution >= 4 is 17.6 Å². The van der Waals surface area contributed by atoms with Crippen molar-refractivity contribution in [3.8, 4) is 0 Å². The van der Waals surface area contributed by atoms with Crippen LogP contribution in [0.2, 0.25) is 0 Å². The monoisotopic (exact) mass is 330 g/mol. The number of hydrogen-bond donors (Lipinski definition) is 3. The number of benzene rings is 1. The maximum absolute atomic E-state index is 11.7. The SMILES string of the molecule is CCC(C)c1ccc(NC(N)=NCCCNC(=O)C2CCC2)cc1. The maximum Gasteiger partial charge on any atom is 0.223 e. The Morgan fingerprint density at radius 2 is 2.04 bits per heavy atom. The van der Waals surface area contributed by atoms with Crippen LogP contribution in [0.3, 0.4) is 0 Å². The van der Waals surface area contributed by atoms with Crippen LogP contribution < -0.4 is 16.4 Å². The van der Waals surface area contributed by atoms with Crippen LogP contribution >= 0.6 is 0 Å². The molecule has 132 valence electrons. The van der Waals surface area contributed by atoms with Gasteiger partial charge in [-0.3, -0.25) is 9.79 Å². The molecule has 1 aliphatic rings. The summed E-state index contributed by atoms with van der Waals surface area (Å²) >= 11 is 0. The Bertz CT molecular complexity index is 549. The van der Waals surface area contributed by atoms with Crippen LogP contribution in [-0.4, -0.2) is 25.0 Å². The van der Waals surface area contributed by atoms with Gasteiger partial charge in [0.25, 0.3) is 0 Å². The molecule has 2 rings (SSSR count). The molecule has 5 heteroatoms. The van der Waals surface area contributed by atoms with Gasteiger partial charge in [-0.2, -0.15) is 0 Å². The average Bonchev–Trinajstić information content (AvgIpc) is 2.53. The second-order valence-electron chi connectivity index (χ2n) is 6.60. The van der Waals surface area contributed by atoms with E-state index in [-0.39, 0.29) is 11.8 Å². The molecule has 0 bridgehead atoms. The molecule has 1 amide bonds. The summed E-state index contributed by atoms with van der Waals surface area (Å²) in [4.78, 5) is 16.0. The van der Waals surface area contributed by atoms with E-state index in [0.717, 1.165) is 31.4 Å². The Kier molecular flexibility index (Phi) is 7.09. The molecule has 4 N–H and O–H groups in total. The number of nitrogens with two attached hydrogens (primary N) is 1. The molecular weight excluding hydrogens is 300 g/mol. The van der Waals surface area contributed by atoms with Crippen molar-refractivity contribution in [2.24, 2.45) is 16.6 Å². The highest BCUT2D eigenvalue weighted by Crippen LogP contribution is 2.26. The van der Waals surface area contributed by atoms with Crippen molar-refractivity contribution in [1.82, 2.24) is 5.32 Å². The first-order chi connectivity index (χ1) is 11.6.